The average molecular weight is 283 g/mol. The molecule has 0 radical (unpaired) electrons. The minimum atomic E-state index is -0.578. The number of allylic oxidation sites excluding steroid dienone is 2. The van der Waals surface area contributed by atoms with Gasteiger partial charge in [-0.3, -0.25) is 4.79 Å². The van der Waals surface area contributed by atoms with Crippen molar-refractivity contribution < 1.29 is 9.21 Å². The van der Waals surface area contributed by atoms with E-state index in [1.54, 1.807) is 18.2 Å². The van der Waals surface area contributed by atoms with Crippen molar-refractivity contribution >= 4 is 17.0 Å². The predicted molar refractivity (Wildman–Crippen MR) is 79.1 cm³/mol. The highest BCUT2D eigenvalue weighted by molar-refractivity contribution is 5.91. The number of nitrogens with zero attached hydrogens (tertiary/aromatic N) is 1. The maximum Gasteiger partial charge on any atom is 0.426 e. The fourth-order valence-corrected chi connectivity index (χ4v) is 4.05. The first-order valence-corrected chi connectivity index (χ1v) is 7.33. The van der Waals surface area contributed by atoms with Crippen LogP contribution in [-0.2, 0) is 0 Å². The van der Waals surface area contributed by atoms with E-state index >= 15 is 0 Å². The van der Waals surface area contributed by atoms with Gasteiger partial charge in [0, 0.05) is 5.92 Å². The van der Waals surface area contributed by atoms with Crippen LogP contribution in [0.4, 0.5) is 0 Å². The molecule has 108 valence electrons. The summed E-state index contributed by atoms with van der Waals surface area (Å²) in [4.78, 5) is 25.0. The molecule has 4 rings (SSSR count). The average Bonchev–Trinajstić information content (AvgIpc) is 3.03. The van der Waals surface area contributed by atoms with Gasteiger partial charge in [0.15, 0.2) is 5.58 Å². The van der Waals surface area contributed by atoms with Gasteiger partial charge < -0.3 is 4.42 Å². The Morgan fingerprint density at radius 2 is 2.05 bits per heavy atom. The van der Waals surface area contributed by atoms with Crippen LogP contribution in [0.15, 0.2) is 45.6 Å². The van der Waals surface area contributed by atoms with Crippen molar-refractivity contribution in [2.75, 3.05) is 0 Å². The van der Waals surface area contributed by atoms with Crippen LogP contribution in [-0.4, -0.2) is 10.5 Å². The summed E-state index contributed by atoms with van der Waals surface area (Å²) in [7, 11) is 0. The molecule has 2 bridgehead atoms. The van der Waals surface area contributed by atoms with E-state index in [1.165, 1.54) is 4.57 Å². The minimum absolute atomic E-state index is 0.101. The molecule has 21 heavy (non-hydrogen) atoms. The Morgan fingerprint density at radius 3 is 2.71 bits per heavy atom. The number of benzene rings is 1. The SMILES string of the molecule is CC1(C)[C@H]2C=C[C@H]1[C@@H](C(=O)n1c(=O)oc3ccccc31)C2. The zero-order valence-electron chi connectivity index (χ0n) is 12.1. The third-order valence-electron chi connectivity index (χ3n) is 5.33. The lowest BCUT2D eigenvalue weighted by atomic mass is 9.79. The summed E-state index contributed by atoms with van der Waals surface area (Å²) in [6.45, 7) is 4.40. The number of hydrogen-bond donors (Lipinski definition) is 0. The van der Waals surface area contributed by atoms with Gasteiger partial charge in [0.25, 0.3) is 0 Å². The lowest BCUT2D eigenvalue weighted by molar-refractivity contribution is 0.0793. The number of fused-ring (bicyclic) bond motifs is 3. The number of carbonyl (C=O) groups is 1. The van der Waals surface area contributed by atoms with E-state index < -0.39 is 5.76 Å². The van der Waals surface area contributed by atoms with Gasteiger partial charge in [0.05, 0.1) is 5.52 Å². The van der Waals surface area contributed by atoms with E-state index in [2.05, 4.69) is 26.0 Å². The van der Waals surface area contributed by atoms with Gasteiger partial charge >= 0.3 is 5.76 Å². The van der Waals surface area contributed by atoms with Crippen molar-refractivity contribution in [2.45, 2.75) is 20.3 Å². The number of carbonyl (C=O) groups excluding carboxylic acids is 1. The molecule has 1 heterocycles. The summed E-state index contributed by atoms with van der Waals surface area (Å²) in [5.41, 5.74) is 1.13. The van der Waals surface area contributed by atoms with Crippen LogP contribution in [0.3, 0.4) is 0 Å². The standard InChI is InChI=1S/C17H17NO3/c1-17(2)10-7-8-12(17)11(9-10)15(19)18-13-5-3-4-6-14(13)21-16(18)20/h3-8,10-12H,9H2,1-2H3/t10-,11-,12-/m0/s1. The summed E-state index contributed by atoms with van der Waals surface area (Å²) < 4.78 is 6.39. The summed E-state index contributed by atoms with van der Waals surface area (Å²) in [5.74, 6) is -0.213. The minimum Gasteiger partial charge on any atom is -0.407 e. The van der Waals surface area contributed by atoms with Crippen molar-refractivity contribution in [1.82, 2.24) is 4.57 Å². The quantitative estimate of drug-likeness (QED) is 0.756. The molecule has 1 saturated carbocycles. The van der Waals surface area contributed by atoms with Crippen molar-refractivity contribution in [1.29, 1.82) is 0 Å². The molecule has 0 spiro atoms. The Kier molecular flexibility index (Phi) is 2.39. The molecule has 1 aromatic carbocycles. The second-order valence-electron chi connectivity index (χ2n) is 6.69. The highest BCUT2D eigenvalue weighted by atomic mass is 16.4. The third-order valence-corrected chi connectivity index (χ3v) is 5.33. The first kappa shape index (κ1) is 12.6. The van der Waals surface area contributed by atoms with E-state index in [0.717, 1.165) is 6.42 Å². The monoisotopic (exact) mass is 283 g/mol. The molecule has 0 aliphatic heterocycles. The van der Waals surface area contributed by atoms with Crippen molar-refractivity contribution in [3.8, 4) is 0 Å². The van der Waals surface area contributed by atoms with E-state index in [0.29, 0.717) is 17.0 Å². The van der Waals surface area contributed by atoms with Gasteiger partial charge in [-0.15, -0.1) is 0 Å². The normalized spacial score (nSPS) is 29.3. The number of aromatic nitrogens is 1. The summed E-state index contributed by atoms with van der Waals surface area (Å²) >= 11 is 0. The van der Waals surface area contributed by atoms with Crippen LogP contribution < -0.4 is 5.76 Å². The molecule has 1 fully saturated rings. The molecule has 4 nitrogen and oxygen atoms in total. The van der Waals surface area contributed by atoms with Gasteiger partial charge in [0.2, 0.25) is 5.91 Å². The molecule has 2 aliphatic carbocycles. The summed E-state index contributed by atoms with van der Waals surface area (Å²) in [5, 5.41) is 0. The Bertz CT molecular complexity index is 824. The van der Waals surface area contributed by atoms with E-state index in [1.807, 2.05) is 6.07 Å². The van der Waals surface area contributed by atoms with Crippen LogP contribution in [0, 0.1) is 23.2 Å². The Morgan fingerprint density at radius 1 is 1.29 bits per heavy atom. The van der Waals surface area contributed by atoms with Crippen LogP contribution in [0.25, 0.3) is 11.1 Å². The highest BCUT2D eigenvalue weighted by Crippen LogP contribution is 2.56. The lowest BCUT2D eigenvalue weighted by Gasteiger charge is -2.25. The van der Waals surface area contributed by atoms with Crippen LogP contribution in [0.2, 0.25) is 0 Å². The molecule has 3 atom stereocenters. The van der Waals surface area contributed by atoms with Crippen molar-refractivity contribution in [3.05, 3.63) is 47.0 Å². The summed E-state index contributed by atoms with van der Waals surface area (Å²) in [6.07, 6.45) is 5.17. The Balaban J connectivity index is 1.81. The fourth-order valence-electron chi connectivity index (χ4n) is 4.05. The van der Waals surface area contributed by atoms with Gasteiger partial charge in [-0.25, -0.2) is 9.36 Å². The second-order valence-corrected chi connectivity index (χ2v) is 6.69. The van der Waals surface area contributed by atoms with E-state index in [-0.39, 0.29) is 23.2 Å². The fraction of sp³-hybridized carbons (Fsp3) is 0.412. The highest BCUT2D eigenvalue weighted by Gasteiger charge is 2.53. The number of hydrogen-bond acceptors (Lipinski definition) is 3. The van der Waals surface area contributed by atoms with Crippen LogP contribution >= 0.6 is 0 Å². The molecule has 1 aromatic heterocycles. The Hall–Kier alpha value is -2.10. The first-order chi connectivity index (χ1) is 10.00. The molecule has 0 saturated heterocycles. The zero-order chi connectivity index (χ0) is 14.8. The molecule has 0 amide bonds. The van der Waals surface area contributed by atoms with Crippen molar-refractivity contribution in [2.24, 2.45) is 23.2 Å². The van der Waals surface area contributed by atoms with Crippen LogP contribution in [0.1, 0.15) is 25.1 Å². The molecule has 2 aromatic rings. The number of para-hydroxylation sites is 2. The lowest BCUT2D eigenvalue weighted by Crippen LogP contribution is -2.32. The second kappa shape index (κ2) is 3.97. The zero-order valence-corrected chi connectivity index (χ0v) is 12.1. The molecule has 0 N–H and O–H groups in total. The molecular weight excluding hydrogens is 266 g/mol. The van der Waals surface area contributed by atoms with Gasteiger partial charge in [0.1, 0.15) is 0 Å². The molecule has 2 aliphatic rings. The van der Waals surface area contributed by atoms with Crippen molar-refractivity contribution in [3.63, 3.8) is 0 Å². The first-order valence-electron chi connectivity index (χ1n) is 7.33. The van der Waals surface area contributed by atoms with Gasteiger partial charge in [-0.05, 0) is 35.8 Å². The van der Waals surface area contributed by atoms with E-state index in [4.69, 9.17) is 4.42 Å². The molecule has 0 unspecified atom stereocenters. The Labute approximate surface area is 122 Å². The maximum atomic E-state index is 12.9. The smallest absolute Gasteiger partial charge is 0.407 e. The van der Waals surface area contributed by atoms with Gasteiger partial charge in [-0.2, -0.15) is 0 Å². The number of rotatable bonds is 1. The number of oxazole rings is 1. The maximum absolute atomic E-state index is 12.9. The predicted octanol–water partition coefficient (Wildman–Crippen LogP) is 3.08. The molecule has 4 heteroatoms. The largest absolute Gasteiger partial charge is 0.426 e. The third kappa shape index (κ3) is 1.56. The topological polar surface area (TPSA) is 52.2 Å². The van der Waals surface area contributed by atoms with E-state index in [9.17, 15) is 9.59 Å². The molecular formula is C17H17NO3. The van der Waals surface area contributed by atoms with Gasteiger partial charge in [-0.1, -0.05) is 38.1 Å². The summed E-state index contributed by atoms with van der Waals surface area (Å²) in [6, 6.07) is 7.08. The van der Waals surface area contributed by atoms with Crippen LogP contribution in [0.5, 0.6) is 0 Å².